The zero-order valence-electron chi connectivity index (χ0n) is 12.9. The fourth-order valence-electron chi connectivity index (χ4n) is 2.10. The van der Waals surface area contributed by atoms with Crippen molar-refractivity contribution in [3.8, 4) is 0 Å². The van der Waals surface area contributed by atoms with Gasteiger partial charge in [-0.25, -0.2) is 9.78 Å². The van der Waals surface area contributed by atoms with Gasteiger partial charge in [0.15, 0.2) is 5.82 Å². The number of nitrogens with zero attached hydrogens (tertiary/aromatic N) is 4. The molecule has 0 aliphatic rings. The smallest absolute Gasteiger partial charge is 0.318 e. The Balaban J connectivity index is 1.97. The molecule has 7 nitrogen and oxygen atoms in total. The maximum Gasteiger partial charge on any atom is 0.318 e. The van der Waals surface area contributed by atoms with Crippen LogP contribution in [0.25, 0.3) is 0 Å². The summed E-state index contributed by atoms with van der Waals surface area (Å²) >= 11 is 5.98. The van der Waals surface area contributed by atoms with E-state index in [1.165, 1.54) is 0 Å². The van der Waals surface area contributed by atoms with Crippen LogP contribution in [0.4, 0.5) is 4.79 Å². The lowest BCUT2D eigenvalue weighted by Gasteiger charge is -2.22. The van der Waals surface area contributed by atoms with Crippen LogP contribution in [0.15, 0.2) is 30.6 Å². The molecule has 0 fully saturated rings. The highest BCUT2D eigenvalue weighted by Gasteiger charge is 2.14. The normalized spacial score (nSPS) is 10.6. The second kappa shape index (κ2) is 8.50. The zero-order chi connectivity index (χ0) is 16.7. The molecule has 124 valence electrons. The molecule has 0 unspecified atom stereocenters. The summed E-state index contributed by atoms with van der Waals surface area (Å²) in [6, 6.07) is 7.13. The van der Waals surface area contributed by atoms with E-state index in [-0.39, 0.29) is 19.2 Å². The van der Waals surface area contributed by atoms with Crippen molar-refractivity contribution in [3.63, 3.8) is 0 Å². The number of aliphatic hydroxyl groups excluding tert-OH is 1. The lowest BCUT2D eigenvalue weighted by molar-refractivity contribution is 0.186. The van der Waals surface area contributed by atoms with Gasteiger partial charge in [-0.05, 0) is 24.1 Å². The summed E-state index contributed by atoms with van der Waals surface area (Å²) in [6.07, 6.45) is 2.09. The number of aryl methyl sites for hydroxylation is 1. The van der Waals surface area contributed by atoms with Crippen LogP contribution in [0, 0.1) is 0 Å². The number of halogens is 1. The average Bonchev–Trinajstić information content (AvgIpc) is 2.94. The van der Waals surface area contributed by atoms with Crippen molar-refractivity contribution in [1.82, 2.24) is 25.0 Å². The van der Waals surface area contributed by atoms with Gasteiger partial charge in [-0.2, -0.15) is 5.10 Å². The van der Waals surface area contributed by atoms with Gasteiger partial charge in [-0.15, -0.1) is 0 Å². The van der Waals surface area contributed by atoms with Crippen LogP contribution in [0.5, 0.6) is 0 Å². The van der Waals surface area contributed by atoms with Crippen LogP contribution in [-0.2, 0) is 20.1 Å². The zero-order valence-corrected chi connectivity index (χ0v) is 13.7. The molecule has 1 aromatic carbocycles. The van der Waals surface area contributed by atoms with E-state index in [0.717, 1.165) is 5.56 Å². The minimum absolute atomic E-state index is 0.0289. The summed E-state index contributed by atoms with van der Waals surface area (Å²) in [7, 11) is 1.77. The summed E-state index contributed by atoms with van der Waals surface area (Å²) in [5.74, 6) is 0.547. The number of amides is 2. The number of benzene rings is 1. The van der Waals surface area contributed by atoms with E-state index in [9.17, 15) is 4.79 Å². The third-order valence-electron chi connectivity index (χ3n) is 3.18. The first-order valence-electron chi connectivity index (χ1n) is 7.31. The van der Waals surface area contributed by atoms with Crippen molar-refractivity contribution in [1.29, 1.82) is 0 Å². The number of carbonyl (C=O) groups is 1. The number of aliphatic hydroxyl groups is 1. The van der Waals surface area contributed by atoms with E-state index >= 15 is 0 Å². The van der Waals surface area contributed by atoms with E-state index < -0.39 is 0 Å². The molecule has 1 aromatic heterocycles. The van der Waals surface area contributed by atoms with Crippen molar-refractivity contribution in [3.05, 3.63) is 47.0 Å². The van der Waals surface area contributed by atoms with Gasteiger partial charge in [0.05, 0.1) is 6.54 Å². The minimum atomic E-state index is -0.231. The molecular weight excluding hydrogens is 318 g/mol. The van der Waals surface area contributed by atoms with Gasteiger partial charge in [0, 0.05) is 31.8 Å². The summed E-state index contributed by atoms with van der Waals surface area (Å²) in [5, 5.41) is 16.5. The quantitative estimate of drug-likeness (QED) is 0.803. The van der Waals surface area contributed by atoms with Gasteiger partial charge < -0.3 is 15.3 Å². The van der Waals surface area contributed by atoms with Gasteiger partial charge in [-0.3, -0.25) is 4.68 Å². The summed E-state index contributed by atoms with van der Waals surface area (Å²) in [6.45, 7) is 1.15. The molecule has 0 saturated carbocycles. The number of hydrogen-bond donors (Lipinski definition) is 2. The van der Waals surface area contributed by atoms with E-state index in [1.54, 1.807) is 29.0 Å². The number of nitrogens with one attached hydrogen (secondary N) is 1. The fraction of sp³-hybridized carbons (Fsp3) is 0.400. The Morgan fingerprint density at radius 2 is 2.30 bits per heavy atom. The molecule has 23 heavy (non-hydrogen) atoms. The van der Waals surface area contributed by atoms with Crippen LogP contribution in [0.2, 0.25) is 5.02 Å². The van der Waals surface area contributed by atoms with Crippen LogP contribution >= 0.6 is 11.6 Å². The number of urea groups is 1. The second-order valence-electron chi connectivity index (χ2n) is 5.12. The average molecular weight is 338 g/mol. The Bertz CT molecular complexity index is 646. The van der Waals surface area contributed by atoms with Crippen molar-refractivity contribution in [2.75, 3.05) is 13.2 Å². The Morgan fingerprint density at radius 1 is 1.48 bits per heavy atom. The molecule has 0 atom stereocenters. The first-order valence-corrected chi connectivity index (χ1v) is 7.69. The van der Waals surface area contributed by atoms with E-state index in [0.29, 0.717) is 30.4 Å². The van der Waals surface area contributed by atoms with E-state index in [1.807, 2.05) is 18.2 Å². The Morgan fingerprint density at radius 3 is 2.96 bits per heavy atom. The van der Waals surface area contributed by atoms with E-state index in [2.05, 4.69) is 15.4 Å². The lowest BCUT2D eigenvalue weighted by Crippen LogP contribution is -2.40. The first kappa shape index (κ1) is 17.2. The van der Waals surface area contributed by atoms with Crippen LogP contribution in [0.1, 0.15) is 17.8 Å². The number of aromatic nitrogens is 3. The van der Waals surface area contributed by atoms with Crippen molar-refractivity contribution >= 4 is 17.6 Å². The highest BCUT2D eigenvalue weighted by Crippen LogP contribution is 2.13. The topological polar surface area (TPSA) is 83.3 Å². The van der Waals surface area contributed by atoms with Gasteiger partial charge >= 0.3 is 6.03 Å². The monoisotopic (exact) mass is 337 g/mol. The highest BCUT2D eigenvalue weighted by atomic mass is 35.5. The minimum Gasteiger partial charge on any atom is -0.396 e. The molecule has 0 radical (unpaired) electrons. The standard InChI is InChI=1S/C15H20ClN5O2/c1-20-11-18-14(19-20)9-17-15(23)21(6-3-7-22)10-12-4-2-5-13(16)8-12/h2,4-5,8,11,22H,3,6-7,9-10H2,1H3,(H,17,23). The van der Waals surface area contributed by atoms with Crippen molar-refractivity contribution < 1.29 is 9.90 Å². The van der Waals surface area contributed by atoms with Crippen molar-refractivity contribution in [2.45, 2.75) is 19.5 Å². The third kappa shape index (κ3) is 5.54. The molecule has 2 rings (SSSR count). The molecule has 2 aromatic rings. The largest absolute Gasteiger partial charge is 0.396 e. The summed E-state index contributed by atoms with van der Waals surface area (Å²) in [4.78, 5) is 18.1. The molecule has 0 bridgehead atoms. The molecule has 0 saturated heterocycles. The first-order chi connectivity index (χ1) is 11.1. The predicted molar refractivity (Wildman–Crippen MR) is 86.8 cm³/mol. The van der Waals surface area contributed by atoms with Crippen LogP contribution < -0.4 is 5.32 Å². The molecule has 0 aliphatic carbocycles. The maximum absolute atomic E-state index is 12.4. The third-order valence-corrected chi connectivity index (χ3v) is 3.42. The van der Waals surface area contributed by atoms with Crippen molar-refractivity contribution in [2.24, 2.45) is 7.05 Å². The Kier molecular flexibility index (Phi) is 6.37. The highest BCUT2D eigenvalue weighted by molar-refractivity contribution is 6.30. The molecule has 2 N–H and O–H groups in total. The second-order valence-corrected chi connectivity index (χ2v) is 5.56. The molecule has 2 amide bonds. The molecule has 0 spiro atoms. The fourth-order valence-corrected chi connectivity index (χ4v) is 2.31. The van der Waals surface area contributed by atoms with E-state index in [4.69, 9.17) is 16.7 Å². The summed E-state index contributed by atoms with van der Waals surface area (Å²) in [5.41, 5.74) is 0.932. The summed E-state index contributed by atoms with van der Waals surface area (Å²) < 4.78 is 1.58. The van der Waals surface area contributed by atoms with Gasteiger partial charge in [0.1, 0.15) is 6.33 Å². The number of rotatable bonds is 7. The van der Waals surface area contributed by atoms with Crippen LogP contribution in [-0.4, -0.2) is 44.0 Å². The Hall–Kier alpha value is -2.12. The number of hydrogen-bond acceptors (Lipinski definition) is 4. The Labute approximate surface area is 139 Å². The van der Waals surface area contributed by atoms with Gasteiger partial charge in [0.2, 0.25) is 0 Å². The van der Waals surface area contributed by atoms with Crippen LogP contribution in [0.3, 0.4) is 0 Å². The maximum atomic E-state index is 12.4. The SMILES string of the molecule is Cn1cnc(CNC(=O)N(CCCO)Cc2cccc(Cl)c2)n1. The van der Waals surface area contributed by atoms with Gasteiger partial charge in [-0.1, -0.05) is 23.7 Å². The lowest BCUT2D eigenvalue weighted by atomic mass is 10.2. The van der Waals surface area contributed by atoms with Gasteiger partial charge in [0.25, 0.3) is 0 Å². The molecule has 1 heterocycles. The molecular formula is C15H20ClN5O2. The predicted octanol–water partition coefficient (Wildman–Crippen LogP) is 1.56. The molecule has 0 aliphatic heterocycles. The molecule has 8 heteroatoms. The number of carbonyl (C=O) groups excluding carboxylic acids is 1.